The molecule has 6 nitrogen and oxygen atoms in total. The molecule has 168 valence electrons. The van der Waals surface area contributed by atoms with E-state index in [1.54, 1.807) is 0 Å². The monoisotopic (exact) mass is 451 g/mol. The SMILES string of the molecule is CC12CCN(C(=O)c3ccc4c(c3)CC=N4)C(Cc3cc(NS(C)(=O)=O)ccc31)C2(C)C. The molecule has 2 heterocycles. The largest absolute Gasteiger partial charge is 0.335 e. The molecule has 0 saturated carbocycles. The third-order valence-electron chi connectivity index (χ3n) is 8.03. The normalized spacial score (nSPS) is 25.2. The maximum absolute atomic E-state index is 13.7. The van der Waals surface area contributed by atoms with Gasteiger partial charge < -0.3 is 4.90 Å². The molecule has 2 aliphatic heterocycles. The summed E-state index contributed by atoms with van der Waals surface area (Å²) < 4.78 is 26.1. The average Bonchev–Trinajstić information content (AvgIpc) is 3.17. The van der Waals surface area contributed by atoms with Gasteiger partial charge in [-0.05, 0) is 65.3 Å². The van der Waals surface area contributed by atoms with Crippen LogP contribution in [0.3, 0.4) is 0 Å². The second-order valence-corrected chi connectivity index (χ2v) is 11.9. The third-order valence-corrected chi connectivity index (χ3v) is 8.64. The molecule has 7 heteroatoms. The molecule has 1 fully saturated rings. The van der Waals surface area contributed by atoms with Gasteiger partial charge >= 0.3 is 0 Å². The van der Waals surface area contributed by atoms with Gasteiger partial charge in [-0.3, -0.25) is 14.5 Å². The molecule has 1 N–H and O–H groups in total. The molecule has 2 aromatic rings. The van der Waals surface area contributed by atoms with Gasteiger partial charge in [-0.2, -0.15) is 0 Å². The van der Waals surface area contributed by atoms with Crippen molar-refractivity contribution in [3.05, 3.63) is 58.7 Å². The maximum Gasteiger partial charge on any atom is 0.254 e. The van der Waals surface area contributed by atoms with Crippen LogP contribution in [0.25, 0.3) is 0 Å². The number of piperidine rings is 1. The average molecular weight is 452 g/mol. The van der Waals surface area contributed by atoms with E-state index in [2.05, 4.69) is 36.6 Å². The van der Waals surface area contributed by atoms with Crippen molar-refractivity contribution < 1.29 is 13.2 Å². The van der Waals surface area contributed by atoms with Gasteiger partial charge in [0.25, 0.3) is 5.91 Å². The summed E-state index contributed by atoms with van der Waals surface area (Å²) >= 11 is 0. The zero-order chi connectivity index (χ0) is 22.9. The quantitative estimate of drug-likeness (QED) is 0.764. The molecule has 1 amide bonds. The first-order valence-electron chi connectivity index (χ1n) is 11.1. The van der Waals surface area contributed by atoms with Gasteiger partial charge in [-0.1, -0.05) is 26.8 Å². The summed E-state index contributed by atoms with van der Waals surface area (Å²) in [4.78, 5) is 20.0. The van der Waals surface area contributed by atoms with Crippen LogP contribution in [-0.4, -0.2) is 44.3 Å². The Kier molecular flexibility index (Phi) is 4.58. The minimum absolute atomic E-state index is 0.0271. The van der Waals surface area contributed by atoms with Gasteiger partial charge in [0, 0.05) is 41.9 Å². The first-order valence-corrected chi connectivity index (χ1v) is 13.0. The Labute approximate surface area is 189 Å². The highest BCUT2D eigenvalue weighted by molar-refractivity contribution is 7.92. The first-order chi connectivity index (χ1) is 15.0. The summed E-state index contributed by atoms with van der Waals surface area (Å²) in [5.41, 5.74) is 5.49. The number of fused-ring (bicyclic) bond motifs is 5. The highest BCUT2D eigenvalue weighted by Gasteiger charge is 2.56. The van der Waals surface area contributed by atoms with Crippen LogP contribution in [0.1, 0.15) is 54.2 Å². The molecule has 2 bridgehead atoms. The predicted molar refractivity (Wildman–Crippen MR) is 127 cm³/mol. The van der Waals surface area contributed by atoms with Gasteiger partial charge in [-0.15, -0.1) is 0 Å². The summed E-state index contributed by atoms with van der Waals surface area (Å²) in [6.45, 7) is 7.52. The van der Waals surface area contributed by atoms with E-state index in [1.165, 1.54) is 5.56 Å². The van der Waals surface area contributed by atoms with Gasteiger partial charge in [0.2, 0.25) is 10.0 Å². The van der Waals surface area contributed by atoms with Gasteiger partial charge in [0.15, 0.2) is 0 Å². The molecule has 2 atom stereocenters. The minimum atomic E-state index is -3.35. The molecular formula is C25H29N3O3S. The molecule has 3 aliphatic rings. The molecule has 1 aliphatic carbocycles. The van der Waals surface area contributed by atoms with Crippen LogP contribution >= 0.6 is 0 Å². The Bertz CT molecular complexity index is 1270. The number of hydrogen-bond donors (Lipinski definition) is 1. The van der Waals surface area contributed by atoms with Crippen molar-refractivity contribution in [2.75, 3.05) is 17.5 Å². The topological polar surface area (TPSA) is 78.8 Å². The molecule has 2 aromatic carbocycles. The smallest absolute Gasteiger partial charge is 0.254 e. The molecule has 2 unspecified atom stereocenters. The summed E-state index contributed by atoms with van der Waals surface area (Å²) in [5, 5.41) is 0. The van der Waals surface area contributed by atoms with Crippen LogP contribution in [-0.2, 0) is 28.3 Å². The highest BCUT2D eigenvalue weighted by atomic mass is 32.2. The summed E-state index contributed by atoms with van der Waals surface area (Å²) in [5.74, 6) is 0.0636. The molecular weight excluding hydrogens is 422 g/mol. The van der Waals surface area contributed by atoms with Gasteiger partial charge in [0.05, 0.1) is 11.9 Å². The fourth-order valence-corrected chi connectivity index (χ4v) is 6.43. The predicted octanol–water partition coefficient (Wildman–Crippen LogP) is 4.07. The fraction of sp³-hybridized carbons (Fsp3) is 0.440. The van der Waals surface area contributed by atoms with Crippen molar-refractivity contribution in [3.63, 3.8) is 0 Å². The lowest BCUT2D eigenvalue weighted by Gasteiger charge is -2.60. The van der Waals surface area contributed by atoms with Crippen molar-refractivity contribution >= 4 is 33.5 Å². The van der Waals surface area contributed by atoms with Crippen LogP contribution in [0.5, 0.6) is 0 Å². The van der Waals surface area contributed by atoms with Crippen molar-refractivity contribution in [2.24, 2.45) is 10.4 Å². The van der Waals surface area contributed by atoms with Crippen molar-refractivity contribution in [2.45, 2.75) is 51.5 Å². The Balaban J connectivity index is 1.52. The molecule has 32 heavy (non-hydrogen) atoms. The number of hydrogen-bond acceptors (Lipinski definition) is 4. The van der Waals surface area contributed by atoms with Gasteiger partial charge in [-0.25, -0.2) is 8.42 Å². The van der Waals surface area contributed by atoms with Crippen LogP contribution < -0.4 is 4.72 Å². The first kappa shape index (κ1) is 21.2. The second-order valence-electron chi connectivity index (χ2n) is 10.1. The number of likely N-dealkylation sites (tertiary alicyclic amines) is 1. The number of carbonyl (C=O) groups excluding carboxylic acids is 1. The standard InChI is InChI=1S/C25H29N3O3S/c1-24(2)22-15-18-14-19(27-32(4,30)31)6-7-20(18)25(24,3)10-12-28(22)23(29)17-5-8-21-16(13-17)9-11-26-21/h5-8,11,13-14,22,27H,9-10,12,15H2,1-4H3. The van der Waals surface area contributed by atoms with Crippen LogP contribution in [0.15, 0.2) is 41.4 Å². The number of carbonyl (C=O) groups is 1. The highest BCUT2D eigenvalue weighted by Crippen LogP contribution is 2.56. The summed E-state index contributed by atoms with van der Waals surface area (Å²) in [6, 6.07) is 11.7. The number of benzene rings is 2. The maximum atomic E-state index is 13.7. The number of nitrogens with one attached hydrogen (secondary N) is 1. The minimum Gasteiger partial charge on any atom is -0.335 e. The Morgan fingerprint density at radius 1 is 1.12 bits per heavy atom. The molecule has 5 rings (SSSR count). The second kappa shape index (κ2) is 6.91. The lowest BCUT2D eigenvalue weighted by atomic mass is 9.51. The van der Waals surface area contributed by atoms with E-state index >= 15 is 0 Å². The number of rotatable bonds is 3. The van der Waals surface area contributed by atoms with Crippen LogP contribution in [0.2, 0.25) is 0 Å². The zero-order valence-electron chi connectivity index (χ0n) is 19.0. The molecule has 1 saturated heterocycles. The lowest BCUT2D eigenvalue weighted by molar-refractivity contribution is -0.0261. The van der Waals surface area contributed by atoms with E-state index in [0.717, 1.165) is 35.9 Å². The number of amides is 1. The van der Waals surface area contributed by atoms with E-state index in [0.29, 0.717) is 24.2 Å². The van der Waals surface area contributed by atoms with Crippen molar-refractivity contribution in [3.8, 4) is 0 Å². The molecule has 0 aromatic heterocycles. The van der Waals surface area contributed by atoms with E-state index in [9.17, 15) is 13.2 Å². The Morgan fingerprint density at radius 2 is 1.91 bits per heavy atom. The van der Waals surface area contributed by atoms with E-state index in [-0.39, 0.29) is 22.8 Å². The zero-order valence-corrected chi connectivity index (χ0v) is 19.8. The number of sulfonamides is 1. The number of anilines is 1. The van der Waals surface area contributed by atoms with Crippen LogP contribution in [0.4, 0.5) is 11.4 Å². The Morgan fingerprint density at radius 3 is 2.66 bits per heavy atom. The van der Waals surface area contributed by atoms with Crippen LogP contribution in [0, 0.1) is 5.41 Å². The van der Waals surface area contributed by atoms with E-state index in [1.807, 2.05) is 41.4 Å². The number of aliphatic imine (C=N–C) groups is 1. The van der Waals surface area contributed by atoms with Gasteiger partial charge in [0.1, 0.15) is 0 Å². The van der Waals surface area contributed by atoms with E-state index < -0.39 is 10.0 Å². The third kappa shape index (κ3) is 3.17. The summed E-state index contributed by atoms with van der Waals surface area (Å²) in [6.07, 6.45) is 5.38. The fourth-order valence-electron chi connectivity index (χ4n) is 5.87. The van der Waals surface area contributed by atoms with Crippen molar-refractivity contribution in [1.82, 2.24) is 4.90 Å². The summed E-state index contributed by atoms with van der Waals surface area (Å²) in [7, 11) is -3.35. The van der Waals surface area contributed by atoms with Crippen molar-refractivity contribution in [1.29, 1.82) is 0 Å². The Hall–Kier alpha value is -2.67. The number of nitrogens with zero attached hydrogens (tertiary/aromatic N) is 2. The lowest BCUT2D eigenvalue weighted by Crippen LogP contribution is -2.64. The van der Waals surface area contributed by atoms with E-state index in [4.69, 9.17) is 0 Å². The molecule has 0 spiro atoms. The molecule has 0 radical (unpaired) electrons.